The third-order valence-corrected chi connectivity index (χ3v) is 7.20. The maximum Gasteiger partial charge on any atom is 0.343 e. The Morgan fingerprint density at radius 1 is 1.03 bits per heavy atom. The number of carbonyl (C=O) groups is 4. The maximum atomic E-state index is 13.3. The molecule has 4 amide bonds. The lowest BCUT2D eigenvalue weighted by Gasteiger charge is -2.35. The monoisotopic (exact) mass is 474 g/mol. The van der Waals surface area contributed by atoms with E-state index >= 15 is 0 Å². The normalized spacial score (nSPS) is 25.8. The van der Waals surface area contributed by atoms with Crippen LogP contribution < -0.4 is 19.5 Å². The van der Waals surface area contributed by atoms with E-state index in [1.54, 1.807) is 36.4 Å². The Morgan fingerprint density at radius 3 is 2.66 bits per heavy atom. The van der Waals surface area contributed by atoms with Crippen molar-refractivity contribution >= 4 is 29.9 Å². The standard InChI is InChI=1S/C26H22N2O7/c29-23-18(24(30)28(26(32)27-23)19-10-14-5-6-15(19)9-14)11-16-3-1-2-4-20(16)35-25(31)17-7-8-21-22(12-17)34-13-33-21/h1-4,7-8,11-12,14-15,19H,5-6,9-10,13H2,(H,27,29,32)/b18-11-/t14-,15-,19-/m0/s1. The summed E-state index contributed by atoms with van der Waals surface area (Å²) in [6.07, 6.45) is 5.25. The van der Waals surface area contributed by atoms with E-state index in [-0.39, 0.29) is 35.6 Å². The largest absolute Gasteiger partial charge is 0.454 e. The van der Waals surface area contributed by atoms with Gasteiger partial charge in [-0.1, -0.05) is 24.6 Å². The number of nitrogens with zero attached hydrogens (tertiary/aromatic N) is 1. The van der Waals surface area contributed by atoms with E-state index in [4.69, 9.17) is 14.2 Å². The van der Waals surface area contributed by atoms with E-state index in [9.17, 15) is 19.2 Å². The Kier molecular flexibility index (Phi) is 5.05. The summed E-state index contributed by atoms with van der Waals surface area (Å²) in [5, 5.41) is 2.30. The van der Waals surface area contributed by atoms with Crippen LogP contribution in [0.4, 0.5) is 4.79 Å². The number of amides is 4. The predicted octanol–water partition coefficient (Wildman–Crippen LogP) is 3.28. The molecule has 0 unspecified atom stereocenters. The number of esters is 1. The lowest BCUT2D eigenvalue weighted by Crippen LogP contribution is -2.58. The number of hydrogen-bond acceptors (Lipinski definition) is 7. The van der Waals surface area contributed by atoms with Crippen molar-refractivity contribution in [3.8, 4) is 17.2 Å². The van der Waals surface area contributed by atoms with Crippen LogP contribution in [0.2, 0.25) is 0 Å². The van der Waals surface area contributed by atoms with Crippen LogP contribution in [0.25, 0.3) is 6.08 Å². The van der Waals surface area contributed by atoms with E-state index < -0.39 is 23.8 Å². The molecular weight excluding hydrogens is 452 g/mol. The highest BCUT2D eigenvalue weighted by molar-refractivity contribution is 6.31. The highest BCUT2D eigenvalue weighted by Gasteiger charge is 2.49. The molecule has 2 heterocycles. The molecule has 4 aliphatic rings. The number of benzene rings is 2. The molecule has 2 saturated carbocycles. The summed E-state index contributed by atoms with van der Waals surface area (Å²) >= 11 is 0. The smallest absolute Gasteiger partial charge is 0.343 e. The van der Waals surface area contributed by atoms with Crippen LogP contribution in [-0.2, 0) is 9.59 Å². The van der Waals surface area contributed by atoms with Gasteiger partial charge in [0.15, 0.2) is 11.5 Å². The van der Waals surface area contributed by atoms with Crippen molar-refractivity contribution in [2.24, 2.45) is 11.8 Å². The molecule has 0 spiro atoms. The molecule has 2 aromatic carbocycles. The molecule has 2 aliphatic carbocycles. The summed E-state index contributed by atoms with van der Waals surface area (Å²) in [5.74, 6) is -0.0534. The average Bonchev–Trinajstić information content (AvgIpc) is 3.59. The molecule has 3 fully saturated rings. The van der Waals surface area contributed by atoms with Gasteiger partial charge >= 0.3 is 12.0 Å². The van der Waals surface area contributed by atoms with Gasteiger partial charge in [-0.2, -0.15) is 0 Å². The average molecular weight is 474 g/mol. The number of barbiturate groups is 1. The van der Waals surface area contributed by atoms with Crippen molar-refractivity contribution in [2.45, 2.75) is 31.7 Å². The number of rotatable bonds is 4. The zero-order chi connectivity index (χ0) is 24.1. The van der Waals surface area contributed by atoms with E-state index in [1.165, 1.54) is 17.0 Å². The van der Waals surface area contributed by atoms with Crippen LogP contribution in [0.3, 0.4) is 0 Å². The van der Waals surface area contributed by atoms with Crippen LogP contribution in [0.5, 0.6) is 17.2 Å². The molecule has 178 valence electrons. The lowest BCUT2D eigenvalue weighted by molar-refractivity contribution is -0.132. The Hall–Kier alpha value is -4.14. The number of imide groups is 2. The first-order chi connectivity index (χ1) is 17.0. The van der Waals surface area contributed by atoms with E-state index in [0.717, 1.165) is 25.7 Å². The van der Waals surface area contributed by atoms with Gasteiger partial charge in [0.25, 0.3) is 11.8 Å². The third kappa shape index (κ3) is 3.73. The first kappa shape index (κ1) is 21.4. The van der Waals surface area contributed by atoms with E-state index in [1.807, 2.05) is 0 Å². The number of fused-ring (bicyclic) bond motifs is 3. The van der Waals surface area contributed by atoms with Gasteiger partial charge in [0.1, 0.15) is 11.3 Å². The third-order valence-electron chi connectivity index (χ3n) is 7.20. The lowest BCUT2D eigenvalue weighted by atomic mass is 9.93. The zero-order valence-electron chi connectivity index (χ0n) is 18.7. The fourth-order valence-corrected chi connectivity index (χ4v) is 5.53. The predicted molar refractivity (Wildman–Crippen MR) is 122 cm³/mol. The van der Waals surface area contributed by atoms with Gasteiger partial charge in [-0.3, -0.25) is 19.8 Å². The van der Waals surface area contributed by atoms with Crippen molar-refractivity contribution in [3.05, 3.63) is 59.2 Å². The van der Waals surface area contributed by atoms with Crippen LogP contribution in [0.15, 0.2) is 48.0 Å². The number of hydrogen-bond donors (Lipinski definition) is 1. The van der Waals surface area contributed by atoms with Crippen molar-refractivity contribution in [1.82, 2.24) is 10.2 Å². The van der Waals surface area contributed by atoms with E-state index in [0.29, 0.717) is 23.0 Å². The van der Waals surface area contributed by atoms with Gasteiger partial charge in [-0.25, -0.2) is 9.59 Å². The Bertz CT molecular complexity index is 1300. The molecule has 9 heteroatoms. The van der Waals surface area contributed by atoms with Gasteiger partial charge in [-0.15, -0.1) is 0 Å². The number of nitrogens with one attached hydrogen (secondary N) is 1. The molecule has 1 saturated heterocycles. The summed E-state index contributed by atoms with van der Waals surface area (Å²) in [5.41, 5.74) is 0.456. The first-order valence-corrected chi connectivity index (χ1v) is 11.6. The van der Waals surface area contributed by atoms with Gasteiger partial charge in [0.05, 0.1) is 5.56 Å². The van der Waals surface area contributed by atoms with E-state index in [2.05, 4.69) is 5.32 Å². The molecule has 35 heavy (non-hydrogen) atoms. The second-order valence-electron chi connectivity index (χ2n) is 9.23. The Balaban J connectivity index is 1.27. The number of ether oxygens (including phenoxy) is 3. The number of urea groups is 1. The topological polar surface area (TPSA) is 111 Å². The molecule has 0 aromatic heterocycles. The Morgan fingerprint density at radius 2 is 1.86 bits per heavy atom. The maximum absolute atomic E-state index is 13.3. The van der Waals surface area contributed by atoms with Crippen molar-refractivity contribution in [2.75, 3.05) is 6.79 Å². The molecule has 0 radical (unpaired) electrons. The fourth-order valence-electron chi connectivity index (χ4n) is 5.53. The van der Waals surface area contributed by atoms with Gasteiger partial charge < -0.3 is 14.2 Å². The fraction of sp³-hybridized carbons (Fsp3) is 0.308. The molecule has 9 nitrogen and oxygen atoms in total. The molecular formula is C26H22N2O7. The quantitative estimate of drug-likeness (QED) is 0.313. The Labute approximate surface area is 200 Å². The van der Waals surface area contributed by atoms with Crippen molar-refractivity contribution < 1.29 is 33.4 Å². The minimum Gasteiger partial charge on any atom is -0.454 e. The molecule has 1 N–H and O–H groups in total. The molecule has 2 bridgehead atoms. The van der Waals surface area contributed by atoms with Crippen molar-refractivity contribution in [1.29, 1.82) is 0 Å². The van der Waals surface area contributed by atoms with Gasteiger partial charge in [-0.05, 0) is 61.4 Å². The van der Waals surface area contributed by atoms with Crippen LogP contribution in [0.1, 0.15) is 41.6 Å². The summed E-state index contributed by atoms with van der Waals surface area (Å²) < 4.78 is 16.2. The molecule has 2 aromatic rings. The van der Waals surface area contributed by atoms with Crippen LogP contribution >= 0.6 is 0 Å². The second-order valence-corrected chi connectivity index (χ2v) is 9.23. The molecule has 3 atom stereocenters. The highest BCUT2D eigenvalue weighted by atomic mass is 16.7. The number of carbonyl (C=O) groups excluding carboxylic acids is 4. The summed E-state index contributed by atoms with van der Waals surface area (Å²) in [6.45, 7) is 0.0854. The van der Waals surface area contributed by atoms with Crippen LogP contribution in [0, 0.1) is 11.8 Å². The molecule has 2 aliphatic heterocycles. The second kappa shape index (κ2) is 8.26. The van der Waals surface area contributed by atoms with Gasteiger partial charge in [0.2, 0.25) is 6.79 Å². The summed E-state index contributed by atoms with van der Waals surface area (Å²) in [4.78, 5) is 52.5. The minimum absolute atomic E-state index is 0.0854. The zero-order valence-corrected chi connectivity index (χ0v) is 18.7. The van der Waals surface area contributed by atoms with Crippen molar-refractivity contribution in [3.63, 3.8) is 0 Å². The molecule has 6 rings (SSSR count). The summed E-state index contributed by atoms with van der Waals surface area (Å²) in [7, 11) is 0. The summed E-state index contributed by atoms with van der Waals surface area (Å²) in [6, 6.07) is 10.4. The SMILES string of the molecule is O=C1NC(=O)N([C@H]2C[C@H]3CC[C@H]2C3)C(=O)/C1=C\c1ccccc1OC(=O)c1ccc2c(c1)OCO2. The van der Waals surface area contributed by atoms with Crippen LogP contribution in [-0.4, -0.2) is 41.5 Å². The number of para-hydroxylation sites is 1. The van der Waals surface area contributed by atoms with Gasteiger partial charge in [0, 0.05) is 11.6 Å². The minimum atomic E-state index is -0.767. The first-order valence-electron chi connectivity index (χ1n) is 11.6. The highest BCUT2D eigenvalue weighted by Crippen LogP contribution is 2.47.